The molecule has 0 heterocycles. The molecule has 0 fully saturated rings. The summed E-state index contributed by atoms with van der Waals surface area (Å²) in [5.41, 5.74) is 1.41. The molecule has 0 amide bonds. The molecule has 2 rings (SSSR count). The van der Waals surface area contributed by atoms with E-state index in [-0.39, 0.29) is 21.2 Å². The average molecular weight is 500 g/mol. The molecule has 8 heteroatoms. The topological polar surface area (TPSA) is 57.2 Å². The zero-order valence-corrected chi connectivity index (χ0v) is 18.0. The fourth-order valence-corrected chi connectivity index (χ4v) is 5.47. The SMILES string of the molecule is Cc1cc(C)cc([I+]c2c(C)cc(C)cc2C)c1.O=S(=O)([O-])C(F)(F)F. The summed E-state index contributed by atoms with van der Waals surface area (Å²) in [5, 5.41) is 0. The molecule has 0 N–H and O–H groups in total. The van der Waals surface area contributed by atoms with E-state index in [0.29, 0.717) is 0 Å². The van der Waals surface area contributed by atoms with Gasteiger partial charge in [-0.05, 0) is 57.9 Å². The number of hydrogen-bond acceptors (Lipinski definition) is 3. The molecule has 144 valence electrons. The fraction of sp³-hybridized carbons (Fsp3) is 0.333. The summed E-state index contributed by atoms with van der Waals surface area (Å²) in [5.74, 6) is 0. The van der Waals surface area contributed by atoms with Crippen LogP contribution in [-0.4, -0.2) is 18.5 Å². The van der Waals surface area contributed by atoms with Crippen LogP contribution in [-0.2, 0) is 10.1 Å². The van der Waals surface area contributed by atoms with Gasteiger partial charge in [0.05, 0.1) is 0 Å². The van der Waals surface area contributed by atoms with Crippen LogP contribution in [0.4, 0.5) is 13.2 Å². The highest BCUT2D eigenvalue weighted by Crippen LogP contribution is 2.20. The maximum absolute atomic E-state index is 10.7. The van der Waals surface area contributed by atoms with Crippen molar-refractivity contribution in [2.75, 3.05) is 0 Å². The van der Waals surface area contributed by atoms with Gasteiger partial charge in [0.25, 0.3) is 0 Å². The summed E-state index contributed by atoms with van der Waals surface area (Å²) in [6.07, 6.45) is 0. The third-order valence-electron chi connectivity index (χ3n) is 3.25. The second kappa shape index (κ2) is 8.71. The highest BCUT2D eigenvalue weighted by Gasteiger charge is 2.36. The molecular formula is C18H20F3IO3S. The van der Waals surface area contributed by atoms with E-state index in [9.17, 15) is 13.2 Å². The van der Waals surface area contributed by atoms with Crippen LogP contribution in [0.2, 0.25) is 0 Å². The molecule has 26 heavy (non-hydrogen) atoms. The molecule has 0 unspecified atom stereocenters. The maximum Gasteiger partial charge on any atom is 0.485 e. The van der Waals surface area contributed by atoms with Crippen LogP contribution >= 0.6 is 0 Å². The largest absolute Gasteiger partial charge is 0.741 e. The van der Waals surface area contributed by atoms with Crippen LogP contribution in [0, 0.1) is 41.8 Å². The molecule has 3 nitrogen and oxygen atoms in total. The predicted molar refractivity (Wildman–Crippen MR) is 89.7 cm³/mol. The van der Waals surface area contributed by atoms with Crippen molar-refractivity contribution >= 4 is 10.1 Å². The van der Waals surface area contributed by atoms with Gasteiger partial charge in [-0.2, -0.15) is 13.2 Å². The van der Waals surface area contributed by atoms with Gasteiger partial charge < -0.3 is 4.55 Å². The quantitative estimate of drug-likeness (QED) is 0.356. The van der Waals surface area contributed by atoms with Crippen LogP contribution in [0.1, 0.15) is 27.8 Å². The Kier molecular flexibility index (Phi) is 7.67. The Hall–Kier alpha value is -1.13. The van der Waals surface area contributed by atoms with Crippen molar-refractivity contribution in [1.82, 2.24) is 0 Å². The third-order valence-corrected chi connectivity index (χ3v) is 7.31. The lowest BCUT2D eigenvalue weighted by atomic mass is 10.1. The lowest BCUT2D eigenvalue weighted by molar-refractivity contribution is -0.598. The second-order valence-corrected chi connectivity index (χ2v) is 10.2. The van der Waals surface area contributed by atoms with Crippen molar-refractivity contribution in [1.29, 1.82) is 0 Å². The molecule has 0 atom stereocenters. The molecule has 0 saturated heterocycles. The van der Waals surface area contributed by atoms with E-state index in [4.69, 9.17) is 13.0 Å². The molecule has 0 aromatic heterocycles. The van der Waals surface area contributed by atoms with Gasteiger partial charge in [-0.3, -0.25) is 0 Å². The minimum absolute atomic E-state index is 0.0610. The molecule has 0 spiro atoms. The van der Waals surface area contributed by atoms with Gasteiger partial charge >= 0.3 is 26.7 Å². The first-order valence-corrected chi connectivity index (χ1v) is 11.1. The predicted octanol–water partition coefficient (Wildman–Crippen LogP) is 1.41. The number of rotatable bonds is 2. The number of hydrogen-bond donors (Lipinski definition) is 0. The summed E-state index contributed by atoms with van der Waals surface area (Å²) in [6.45, 7) is 11.1. The van der Waals surface area contributed by atoms with Crippen molar-refractivity contribution < 1.29 is 47.3 Å². The standard InChI is InChI=1S/C17H20I.CHF3O3S/c1-11-6-12(2)10-16(9-11)18-17-14(4)7-13(3)8-15(17)5;2-1(3,4)8(5,6)7/h6-10H,1-5H3;(H,5,6,7)/q+1;/p-1. The Morgan fingerprint density at radius 1 is 0.808 bits per heavy atom. The van der Waals surface area contributed by atoms with Crippen LogP contribution in [0.5, 0.6) is 0 Å². The smallest absolute Gasteiger partial charge is 0.485 e. The number of benzene rings is 2. The van der Waals surface area contributed by atoms with Crippen LogP contribution < -0.4 is 21.2 Å². The van der Waals surface area contributed by atoms with Crippen molar-refractivity contribution in [3.05, 3.63) is 65.3 Å². The summed E-state index contributed by atoms with van der Waals surface area (Å²) < 4.78 is 62.0. The Balaban J connectivity index is 0.000000359. The normalized spacial score (nSPS) is 11.7. The second-order valence-electron chi connectivity index (χ2n) is 6.01. The Labute approximate surface area is 162 Å². The highest BCUT2D eigenvalue weighted by atomic mass is 127. The average Bonchev–Trinajstić information content (AvgIpc) is 2.40. The van der Waals surface area contributed by atoms with Crippen LogP contribution in [0.3, 0.4) is 0 Å². The maximum atomic E-state index is 10.7. The minimum Gasteiger partial charge on any atom is -0.741 e. The molecule has 0 bridgehead atoms. The van der Waals surface area contributed by atoms with Gasteiger partial charge in [0.15, 0.2) is 17.3 Å². The Morgan fingerprint density at radius 3 is 1.50 bits per heavy atom. The summed E-state index contributed by atoms with van der Waals surface area (Å²) in [7, 11) is -6.09. The van der Waals surface area contributed by atoms with Crippen molar-refractivity contribution in [3.63, 3.8) is 0 Å². The van der Waals surface area contributed by atoms with Crippen LogP contribution in [0.15, 0.2) is 30.3 Å². The van der Waals surface area contributed by atoms with Gasteiger partial charge in [0, 0.05) is 11.1 Å². The first-order chi connectivity index (χ1) is 11.7. The number of alkyl halides is 3. The Bertz CT molecular complexity index is 848. The van der Waals surface area contributed by atoms with E-state index in [2.05, 4.69) is 65.0 Å². The van der Waals surface area contributed by atoms with E-state index >= 15 is 0 Å². The van der Waals surface area contributed by atoms with Crippen LogP contribution in [0.25, 0.3) is 0 Å². The zero-order valence-electron chi connectivity index (χ0n) is 15.0. The van der Waals surface area contributed by atoms with Gasteiger partial charge in [0.1, 0.15) is 0 Å². The van der Waals surface area contributed by atoms with Crippen molar-refractivity contribution in [2.24, 2.45) is 0 Å². The molecule has 0 aliphatic rings. The van der Waals surface area contributed by atoms with Gasteiger partial charge in [-0.1, -0.05) is 23.8 Å². The van der Waals surface area contributed by atoms with E-state index in [1.807, 2.05) is 0 Å². The van der Waals surface area contributed by atoms with Gasteiger partial charge in [-0.15, -0.1) is 0 Å². The number of aryl methyl sites for hydroxylation is 5. The summed E-state index contributed by atoms with van der Waals surface area (Å²) >= 11 is -0.0610. The van der Waals surface area contributed by atoms with E-state index < -0.39 is 15.6 Å². The van der Waals surface area contributed by atoms with Crippen molar-refractivity contribution in [3.8, 4) is 0 Å². The molecule has 2 aromatic rings. The number of halogens is 4. The Morgan fingerprint density at radius 2 is 1.15 bits per heavy atom. The summed E-state index contributed by atoms with van der Waals surface area (Å²) in [4.78, 5) is 0. The molecule has 0 aliphatic carbocycles. The molecule has 2 aromatic carbocycles. The summed E-state index contributed by atoms with van der Waals surface area (Å²) in [6, 6.07) is 11.6. The first-order valence-electron chi connectivity index (χ1n) is 7.54. The molecule has 0 radical (unpaired) electrons. The van der Waals surface area contributed by atoms with E-state index in [0.717, 1.165) is 0 Å². The lowest BCUT2D eigenvalue weighted by Gasteiger charge is -2.08. The first kappa shape index (κ1) is 22.9. The molecule has 0 aliphatic heterocycles. The van der Waals surface area contributed by atoms with E-state index in [1.165, 1.54) is 31.4 Å². The molecule has 0 saturated carbocycles. The minimum atomic E-state index is -6.09. The lowest BCUT2D eigenvalue weighted by Crippen LogP contribution is -3.62. The highest BCUT2D eigenvalue weighted by molar-refractivity contribution is 7.86. The van der Waals surface area contributed by atoms with Gasteiger partial charge in [-0.25, -0.2) is 8.42 Å². The van der Waals surface area contributed by atoms with Gasteiger partial charge in [0.2, 0.25) is 0 Å². The zero-order chi connectivity index (χ0) is 20.3. The van der Waals surface area contributed by atoms with Crippen molar-refractivity contribution in [2.45, 2.75) is 40.1 Å². The third kappa shape index (κ3) is 6.88. The monoisotopic (exact) mass is 500 g/mol. The van der Waals surface area contributed by atoms with E-state index in [1.54, 1.807) is 3.57 Å². The molecular weight excluding hydrogens is 480 g/mol. The fourth-order valence-electron chi connectivity index (χ4n) is 2.39.